The number of hydrogen-bond donors (Lipinski definition) is 2. The van der Waals surface area contributed by atoms with E-state index in [0.29, 0.717) is 16.8 Å². The van der Waals surface area contributed by atoms with Crippen LogP contribution in [0.3, 0.4) is 0 Å². The van der Waals surface area contributed by atoms with E-state index in [4.69, 9.17) is 10.2 Å². The zero-order chi connectivity index (χ0) is 27.4. The Balaban J connectivity index is 1.09. The van der Waals surface area contributed by atoms with Crippen LogP contribution in [0.4, 0.5) is 14.6 Å². The molecule has 9 nitrogen and oxygen atoms in total. The van der Waals surface area contributed by atoms with Gasteiger partial charge in [0.2, 0.25) is 0 Å². The van der Waals surface area contributed by atoms with Crippen molar-refractivity contribution in [3.05, 3.63) is 71.9 Å². The van der Waals surface area contributed by atoms with Crippen molar-refractivity contribution in [3.63, 3.8) is 0 Å². The van der Waals surface area contributed by atoms with Gasteiger partial charge in [0, 0.05) is 36.0 Å². The molecule has 3 aromatic heterocycles. The summed E-state index contributed by atoms with van der Waals surface area (Å²) in [6.07, 6.45) is -0.329. The van der Waals surface area contributed by atoms with Crippen molar-refractivity contribution in [2.45, 2.75) is 32.0 Å². The number of rotatable bonds is 4. The van der Waals surface area contributed by atoms with E-state index in [1.807, 2.05) is 19.1 Å². The second-order valence-electron chi connectivity index (χ2n) is 10.0. The lowest BCUT2D eigenvalue weighted by Crippen LogP contribution is -2.33. The van der Waals surface area contributed by atoms with Crippen LogP contribution in [0.5, 0.6) is 11.5 Å². The summed E-state index contributed by atoms with van der Waals surface area (Å²) in [5, 5.41) is 10.0. The van der Waals surface area contributed by atoms with Gasteiger partial charge in [0.25, 0.3) is 0 Å². The highest BCUT2D eigenvalue weighted by Gasteiger charge is 2.43. The predicted molar refractivity (Wildman–Crippen MR) is 143 cm³/mol. The predicted octanol–water partition coefficient (Wildman–Crippen LogP) is 5.90. The number of nitrogens with one attached hydrogen (secondary N) is 2. The van der Waals surface area contributed by atoms with Crippen LogP contribution < -0.4 is 14.4 Å². The van der Waals surface area contributed by atoms with Crippen molar-refractivity contribution in [2.75, 3.05) is 18.0 Å². The number of aromatic nitrogens is 5. The number of alkyl halides is 2. The second kappa shape index (κ2) is 9.05. The number of nitrogens with zero attached hydrogens (tertiary/aromatic N) is 5. The first-order valence-corrected chi connectivity index (χ1v) is 12.9. The summed E-state index contributed by atoms with van der Waals surface area (Å²) in [6, 6.07) is 16.4. The lowest BCUT2D eigenvalue weighted by atomic mass is 9.96. The number of H-pyrrole nitrogens is 2. The molecule has 5 heterocycles. The number of benzene rings is 2. The topological polar surface area (TPSA) is 116 Å². The number of halogens is 2. The fourth-order valence-corrected chi connectivity index (χ4v) is 5.48. The van der Waals surface area contributed by atoms with Gasteiger partial charge >= 0.3 is 6.29 Å². The summed E-state index contributed by atoms with van der Waals surface area (Å²) in [5.41, 5.74) is 5.53. The van der Waals surface area contributed by atoms with Crippen LogP contribution in [0.25, 0.3) is 33.5 Å². The number of anilines is 1. The van der Waals surface area contributed by atoms with E-state index in [0.717, 1.165) is 65.6 Å². The molecule has 1 fully saturated rings. The van der Waals surface area contributed by atoms with Gasteiger partial charge in [-0.25, -0.2) is 15.0 Å². The van der Waals surface area contributed by atoms with Gasteiger partial charge in [0.1, 0.15) is 23.6 Å². The van der Waals surface area contributed by atoms with Crippen molar-refractivity contribution in [1.82, 2.24) is 24.9 Å². The zero-order valence-electron chi connectivity index (χ0n) is 21.4. The van der Waals surface area contributed by atoms with Crippen molar-refractivity contribution < 1.29 is 18.3 Å². The minimum atomic E-state index is -3.65. The molecule has 2 N–H and O–H groups in total. The largest absolute Gasteiger partial charge is 0.586 e. The third kappa shape index (κ3) is 4.18. The molecule has 5 aromatic rings. The summed E-state index contributed by atoms with van der Waals surface area (Å²) in [5.74, 6) is 2.00. The first kappa shape index (κ1) is 24.1. The average Bonchev–Trinajstić information content (AvgIpc) is 3.66. The van der Waals surface area contributed by atoms with Crippen LogP contribution >= 0.6 is 0 Å². The number of aryl methyl sites for hydroxylation is 1. The second-order valence-corrected chi connectivity index (χ2v) is 10.0. The maximum atomic E-state index is 13.5. The highest BCUT2D eigenvalue weighted by Crippen LogP contribution is 2.43. The van der Waals surface area contributed by atoms with Crippen molar-refractivity contribution in [1.29, 1.82) is 5.26 Å². The Morgan fingerprint density at radius 2 is 1.73 bits per heavy atom. The SMILES string of the molecule is Cc1[nH]c(C2CCN(c3ncnc4[nH]c(-c5ccc(C#N)cc5)cc34)CC2)nc1-c1ccc2c(c1)OC(F)(F)O2. The normalized spacial score (nSPS) is 16.4. The molecule has 0 spiro atoms. The lowest BCUT2D eigenvalue weighted by molar-refractivity contribution is -0.286. The van der Waals surface area contributed by atoms with Crippen molar-refractivity contribution >= 4 is 16.9 Å². The Morgan fingerprint density at radius 3 is 2.50 bits per heavy atom. The summed E-state index contributed by atoms with van der Waals surface area (Å²) in [6.45, 7) is 3.51. The Hall–Kier alpha value is -4.98. The molecule has 0 amide bonds. The maximum Gasteiger partial charge on any atom is 0.586 e. The first-order chi connectivity index (χ1) is 19.4. The van der Waals surface area contributed by atoms with Crippen LogP contribution in [0.1, 0.15) is 35.8 Å². The molecular weight excluding hydrogens is 516 g/mol. The smallest absolute Gasteiger partial charge is 0.395 e. The van der Waals surface area contributed by atoms with E-state index < -0.39 is 6.29 Å². The van der Waals surface area contributed by atoms with Gasteiger partial charge in [-0.3, -0.25) is 0 Å². The maximum absolute atomic E-state index is 13.5. The monoisotopic (exact) mass is 539 g/mol. The lowest BCUT2D eigenvalue weighted by Gasteiger charge is -2.32. The van der Waals surface area contributed by atoms with Crippen LogP contribution in [0.2, 0.25) is 0 Å². The first-order valence-electron chi connectivity index (χ1n) is 12.9. The Morgan fingerprint density at radius 1 is 0.975 bits per heavy atom. The van der Waals surface area contributed by atoms with Gasteiger partial charge < -0.3 is 24.3 Å². The van der Waals surface area contributed by atoms with Crippen molar-refractivity contribution in [3.8, 4) is 40.1 Å². The third-order valence-corrected chi connectivity index (χ3v) is 7.49. The molecule has 0 radical (unpaired) electrons. The Kier molecular flexibility index (Phi) is 5.45. The molecule has 0 saturated carbocycles. The van der Waals surface area contributed by atoms with Gasteiger partial charge in [-0.1, -0.05) is 12.1 Å². The zero-order valence-corrected chi connectivity index (χ0v) is 21.4. The highest BCUT2D eigenvalue weighted by molar-refractivity contribution is 5.92. The number of imidazole rings is 1. The molecule has 0 atom stereocenters. The molecule has 11 heteroatoms. The fraction of sp³-hybridized carbons (Fsp3) is 0.241. The Bertz CT molecular complexity index is 1780. The van der Waals surface area contributed by atoms with Gasteiger partial charge in [0.05, 0.1) is 22.7 Å². The molecule has 0 unspecified atom stereocenters. The molecule has 2 aliphatic heterocycles. The summed E-state index contributed by atoms with van der Waals surface area (Å²) in [7, 11) is 0. The summed E-state index contributed by atoms with van der Waals surface area (Å²) in [4.78, 5) is 23.0. The van der Waals surface area contributed by atoms with E-state index in [-0.39, 0.29) is 17.4 Å². The number of hydrogen-bond acceptors (Lipinski definition) is 7. The number of aromatic amines is 2. The van der Waals surface area contributed by atoms with Crippen LogP contribution in [-0.4, -0.2) is 44.3 Å². The molecule has 0 aliphatic carbocycles. The minimum Gasteiger partial charge on any atom is -0.395 e. The van der Waals surface area contributed by atoms with Gasteiger partial charge in [-0.15, -0.1) is 8.78 Å². The molecule has 1 saturated heterocycles. The number of fused-ring (bicyclic) bond motifs is 2. The van der Waals surface area contributed by atoms with E-state index >= 15 is 0 Å². The summed E-state index contributed by atoms with van der Waals surface area (Å²) >= 11 is 0. The molecular formula is C29H23F2N7O2. The number of piperidine rings is 1. The van der Waals surface area contributed by atoms with E-state index in [1.165, 1.54) is 12.1 Å². The third-order valence-electron chi connectivity index (χ3n) is 7.49. The Labute approximate surface area is 227 Å². The molecule has 0 bridgehead atoms. The van der Waals surface area contributed by atoms with Crippen LogP contribution in [0.15, 0.2) is 54.9 Å². The number of ether oxygens (including phenoxy) is 2. The molecule has 7 rings (SSSR count). The highest BCUT2D eigenvalue weighted by atomic mass is 19.3. The van der Waals surface area contributed by atoms with E-state index in [1.54, 1.807) is 24.5 Å². The minimum absolute atomic E-state index is 0.00280. The van der Waals surface area contributed by atoms with Gasteiger partial charge in [-0.2, -0.15) is 5.26 Å². The average molecular weight is 540 g/mol. The van der Waals surface area contributed by atoms with Gasteiger partial charge in [-0.05, 0) is 61.7 Å². The molecule has 2 aromatic carbocycles. The van der Waals surface area contributed by atoms with Crippen LogP contribution in [0, 0.1) is 18.3 Å². The fourth-order valence-electron chi connectivity index (χ4n) is 5.48. The van der Waals surface area contributed by atoms with Crippen molar-refractivity contribution in [2.24, 2.45) is 0 Å². The molecule has 40 heavy (non-hydrogen) atoms. The number of nitriles is 1. The molecule has 2 aliphatic rings. The van der Waals surface area contributed by atoms with E-state index in [9.17, 15) is 8.78 Å². The summed E-state index contributed by atoms with van der Waals surface area (Å²) < 4.78 is 36.0. The van der Waals surface area contributed by atoms with E-state index in [2.05, 4.69) is 46.4 Å². The quantitative estimate of drug-likeness (QED) is 0.292. The molecule has 200 valence electrons. The van der Waals surface area contributed by atoms with Gasteiger partial charge in [0.15, 0.2) is 11.5 Å². The van der Waals surface area contributed by atoms with Crippen LogP contribution in [-0.2, 0) is 0 Å². The standard InChI is InChI=1S/C29H23F2N7O2/c1-16-25(20-6-7-23-24(12-20)40-29(30,31)39-23)37-26(35-16)19-8-10-38(11-9-19)28-21-13-22(36-27(21)33-15-34-28)18-4-2-17(14-32)3-5-18/h2-7,12-13,15,19H,8-11H2,1H3,(H,35,37)(H,33,34,36).